The first-order chi connectivity index (χ1) is 9.34. The number of ether oxygens (including phenoxy) is 1. The normalized spacial score (nSPS) is 13.7. The number of benzene rings is 1. The van der Waals surface area contributed by atoms with E-state index in [0.29, 0.717) is 0 Å². The van der Waals surface area contributed by atoms with Gasteiger partial charge < -0.3 is 25.6 Å². The molecule has 1 rings (SSSR count). The van der Waals surface area contributed by atoms with Gasteiger partial charge in [0.2, 0.25) is 0 Å². The van der Waals surface area contributed by atoms with Crippen molar-refractivity contribution < 1.29 is 24.1 Å². The Kier molecular flexibility index (Phi) is 6.04. The predicted molar refractivity (Wildman–Crippen MR) is 73.6 cm³/mol. The van der Waals surface area contributed by atoms with Crippen molar-refractivity contribution in [2.45, 2.75) is 18.8 Å². The number of ketones is 1. The van der Waals surface area contributed by atoms with Gasteiger partial charge in [-0.2, -0.15) is 0 Å². The summed E-state index contributed by atoms with van der Waals surface area (Å²) >= 11 is 0. The molecule has 0 fully saturated rings. The molecular weight excluding hydrogens is 283 g/mol. The molecule has 1 amide bonds. The highest BCUT2D eigenvalue weighted by Gasteiger charge is 2.36. The molecule has 1 aromatic rings. The molecule has 0 aliphatic rings. The van der Waals surface area contributed by atoms with Crippen molar-refractivity contribution in [2.24, 2.45) is 5.73 Å². The lowest BCUT2D eigenvalue weighted by Crippen LogP contribution is -2.48. The van der Waals surface area contributed by atoms with Gasteiger partial charge in [-0.15, -0.1) is 0 Å². The molecular formula is C12H17N2O5P. The molecule has 0 saturated carbocycles. The minimum Gasteiger partial charge on any atom is -0.445 e. The van der Waals surface area contributed by atoms with E-state index in [2.05, 4.69) is 5.32 Å². The van der Waals surface area contributed by atoms with Gasteiger partial charge in [-0.3, -0.25) is 4.79 Å². The molecule has 7 nitrogen and oxygen atoms in total. The van der Waals surface area contributed by atoms with Crippen LogP contribution >= 0.6 is 8.38 Å². The smallest absolute Gasteiger partial charge is 0.407 e. The van der Waals surface area contributed by atoms with E-state index in [1.807, 2.05) is 18.2 Å². The van der Waals surface area contributed by atoms with Crippen LogP contribution in [0.25, 0.3) is 0 Å². The summed E-state index contributed by atoms with van der Waals surface area (Å²) < 4.78 is 4.89. The molecule has 0 heterocycles. The van der Waals surface area contributed by atoms with Crippen LogP contribution in [0.15, 0.2) is 30.3 Å². The van der Waals surface area contributed by atoms with Gasteiger partial charge in [0, 0.05) is 0 Å². The lowest BCUT2D eigenvalue weighted by molar-refractivity contribution is -0.120. The van der Waals surface area contributed by atoms with Crippen molar-refractivity contribution in [3.05, 3.63) is 35.9 Å². The second kappa shape index (κ2) is 7.31. The minimum absolute atomic E-state index is 0.0769. The highest BCUT2D eigenvalue weighted by Crippen LogP contribution is 2.37. The number of alkyl carbamates (subject to hydrolysis) is 1. The first-order valence-electron chi connectivity index (χ1n) is 5.78. The summed E-state index contributed by atoms with van der Waals surface area (Å²) in [6.45, 7) is 0.839. The molecule has 20 heavy (non-hydrogen) atoms. The van der Waals surface area contributed by atoms with Crippen molar-refractivity contribution >= 4 is 20.3 Å². The Balaban J connectivity index is 2.35. The Labute approximate surface area is 117 Å². The third kappa shape index (κ3) is 4.86. The van der Waals surface area contributed by atoms with Crippen molar-refractivity contribution in [2.75, 3.05) is 6.54 Å². The zero-order valence-electron chi connectivity index (χ0n) is 10.9. The van der Waals surface area contributed by atoms with Gasteiger partial charge in [-0.25, -0.2) is 4.79 Å². The summed E-state index contributed by atoms with van der Waals surface area (Å²) in [5, 5.41) is 0.435. The van der Waals surface area contributed by atoms with E-state index in [9.17, 15) is 9.59 Å². The molecule has 0 aromatic heterocycles. The fourth-order valence-electron chi connectivity index (χ4n) is 1.22. The number of nitrogens with two attached hydrogens (primary N) is 1. The van der Waals surface area contributed by atoms with Gasteiger partial charge in [-0.05, 0) is 12.5 Å². The van der Waals surface area contributed by atoms with Crippen LogP contribution in [0.1, 0.15) is 12.5 Å². The van der Waals surface area contributed by atoms with Crippen LogP contribution in [0.2, 0.25) is 0 Å². The maximum absolute atomic E-state index is 11.6. The maximum Gasteiger partial charge on any atom is 0.407 e. The monoisotopic (exact) mass is 300 g/mol. The van der Waals surface area contributed by atoms with Gasteiger partial charge in [0.1, 0.15) is 11.9 Å². The Morgan fingerprint density at radius 1 is 1.35 bits per heavy atom. The number of amides is 1. The lowest BCUT2D eigenvalue weighted by atomic mass is 10.2. The highest BCUT2D eigenvalue weighted by atomic mass is 31.2. The molecule has 0 spiro atoms. The standard InChI is InChI=1S/C12H17N2O5P/c1-12(13,20(17)18)10(15)7-14-11(16)19-8-9-5-3-2-4-6-9/h2-6,17-18H,7-8,13H2,1H3,(H,14,16). The number of rotatable bonds is 6. The minimum atomic E-state index is -2.62. The van der Waals surface area contributed by atoms with E-state index in [1.54, 1.807) is 12.1 Å². The zero-order chi connectivity index (χ0) is 15.2. The summed E-state index contributed by atoms with van der Waals surface area (Å²) in [6.07, 6.45) is -0.779. The summed E-state index contributed by atoms with van der Waals surface area (Å²) in [6, 6.07) is 9.04. The van der Waals surface area contributed by atoms with E-state index < -0.39 is 32.1 Å². The molecule has 110 valence electrons. The zero-order valence-corrected chi connectivity index (χ0v) is 11.8. The van der Waals surface area contributed by atoms with Crippen LogP contribution in [0.4, 0.5) is 4.79 Å². The first-order valence-corrected chi connectivity index (χ1v) is 7.03. The number of hydrogen-bond acceptors (Lipinski definition) is 6. The third-order valence-electron chi connectivity index (χ3n) is 2.59. The molecule has 0 saturated heterocycles. The second-order valence-electron chi connectivity index (χ2n) is 4.28. The van der Waals surface area contributed by atoms with Gasteiger partial charge in [0.05, 0.1) is 6.54 Å². The fourth-order valence-corrected chi connectivity index (χ4v) is 1.52. The predicted octanol–water partition coefficient (Wildman–Crippen LogP) is 0.453. The average Bonchev–Trinajstić information content (AvgIpc) is 2.43. The van der Waals surface area contributed by atoms with E-state index in [4.69, 9.17) is 20.3 Å². The molecule has 1 atom stereocenters. The molecule has 0 radical (unpaired) electrons. The van der Waals surface area contributed by atoms with E-state index >= 15 is 0 Å². The van der Waals surface area contributed by atoms with Gasteiger partial charge >= 0.3 is 6.09 Å². The van der Waals surface area contributed by atoms with E-state index in [0.717, 1.165) is 5.56 Å². The number of Topliss-reactive ketones (excluding diaryl/α,β-unsaturated/α-hetero) is 1. The van der Waals surface area contributed by atoms with Crippen LogP contribution < -0.4 is 11.1 Å². The Bertz CT molecular complexity index is 464. The molecule has 8 heteroatoms. The van der Waals surface area contributed by atoms with E-state index in [-0.39, 0.29) is 6.61 Å². The van der Waals surface area contributed by atoms with Crippen molar-refractivity contribution in [3.8, 4) is 0 Å². The molecule has 0 aliphatic carbocycles. The van der Waals surface area contributed by atoms with Gasteiger partial charge in [0.25, 0.3) is 0 Å². The molecule has 1 unspecified atom stereocenters. The van der Waals surface area contributed by atoms with Gasteiger partial charge in [-0.1, -0.05) is 30.3 Å². The van der Waals surface area contributed by atoms with Crippen LogP contribution in [-0.4, -0.2) is 33.5 Å². The quantitative estimate of drug-likeness (QED) is 0.566. The SMILES string of the molecule is CC(N)(C(=O)CNC(=O)OCc1ccccc1)P(O)O. The van der Waals surface area contributed by atoms with Crippen molar-refractivity contribution in [1.82, 2.24) is 5.32 Å². The Morgan fingerprint density at radius 2 is 1.95 bits per heavy atom. The fraction of sp³-hybridized carbons (Fsp3) is 0.333. The van der Waals surface area contributed by atoms with Crippen LogP contribution in [-0.2, 0) is 16.1 Å². The first kappa shape index (κ1) is 16.5. The van der Waals surface area contributed by atoms with Gasteiger partial charge in [0.15, 0.2) is 14.2 Å². The van der Waals surface area contributed by atoms with Crippen LogP contribution in [0.5, 0.6) is 0 Å². The molecule has 0 bridgehead atoms. The lowest BCUT2D eigenvalue weighted by Gasteiger charge is -2.23. The summed E-state index contributed by atoms with van der Waals surface area (Å²) in [4.78, 5) is 41.0. The summed E-state index contributed by atoms with van der Waals surface area (Å²) in [5.41, 5.74) is 6.25. The second-order valence-corrected chi connectivity index (χ2v) is 5.78. The van der Waals surface area contributed by atoms with Crippen molar-refractivity contribution in [1.29, 1.82) is 0 Å². The topological polar surface area (TPSA) is 122 Å². The van der Waals surface area contributed by atoms with Crippen LogP contribution in [0.3, 0.4) is 0 Å². The van der Waals surface area contributed by atoms with Crippen molar-refractivity contribution in [3.63, 3.8) is 0 Å². The molecule has 1 aromatic carbocycles. The average molecular weight is 300 g/mol. The molecule has 0 aliphatic heterocycles. The Morgan fingerprint density at radius 3 is 2.50 bits per heavy atom. The highest BCUT2D eigenvalue weighted by molar-refractivity contribution is 7.48. The maximum atomic E-state index is 11.6. The van der Waals surface area contributed by atoms with Crippen LogP contribution in [0, 0.1) is 0 Å². The number of nitrogens with one attached hydrogen (secondary N) is 1. The third-order valence-corrected chi connectivity index (χ3v) is 3.67. The summed E-state index contributed by atoms with van der Waals surface area (Å²) in [7, 11) is -2.62. The summed E-state index contributed by atoms with van der Waals surface area (Å²) in [5.74, 6) is -0.690. The number of carbonyl (C=O) groups is 2. The molecule has 5 N–H and O–H groups in total. The Hall–Kier alpha value is -1.53. The van der Waals surface area contributed by atoms with E-state index in [1.165, 1.54) is 6.92 Å². The largest absolute Gasteiger partial charge is 0.445 e. The number of carbonyl (C=O) groups excluding carboxylic acids is 2. The number of hydrogen-bond donors (Lipinski definition) is 4.